The summed E-state index contributed by atoms with van der Waals surface area (Å²) in [6.45, 7) is 0.0423. The molecule has 0 radical (unpaired) electrons. The van der Waals surface area contributed by atoms with Crippen LogP contribution < -0.4 is 11.2 Å². The van der Waals surface area contributed by atoms with Crippen molar-refractivity contribution < 1.29 is 4.92 Å². The average Bonchev–Trinajstić information content (AvgIpc) is 2.34. The molecule has 0 aliphatic rings. The molecular formula is C10H7ClN4O4. The van der Waals surface area contributed by atoms with Crippen LogP contribution in [-0.2, 0) is 6.54 Å². The first-order chi connectivity index (χ1) is 8.97. The predicted octanol–water partition coefficient (Wildman–Crippen LogP) is 0.541. The van der Waals surface area contributed by atoms with Crippen molar-refractivity contribution in [2.24, 2.45) is 0 Å². The van der Waals surface area contributed by atoms with Gasteiger partial charge in [-0.2, -0.15) is 0 Å². The maximum absolute atomic E-state index is 11.5. The SMILES string of the molecule is O=c1[nH]c(=O)n(Cc2ccc(Cl)nc2)cc1[N+](=O)[O-]. The first-order valence-corrected chi connectivity index (χ1v) is 5.44. The van der Waals surface area contributed by atoms with Crippen LogP contribution in [0.1, 0.15) is 5.56 Å². The molecule has 0 unspecified atom stereocenters. The number of nitrogens with one attached hydrogen (secondary N) is 1. The zero-order valence-corrected chi connectivity index (χ0v) is 10.1. The summed E-state index contributed by atoms with van der Waals surface area (Å²) in [7, 11) is 0. The van der Waals surface area contributed by atoms with E-state index in [2.05, 4.69) is 4.98 Å². The normalized spacial score (nSPS) is 10.4. The molecule has 0 amide bonds. The monoisotopic (exact) mass is 282 g/mol. The van der Waals surface area contributed by atoms with Gasteiger partial charge in [0.1, 0.15) is 5.15 Å². The molecule has 0 bridgehead atoms. The number of aromatic nitrogens is 3. The summed E-state index contributed by atoms with van der Waals surface area (Å²) in [5, 5.41) is 10.9. The topological polar surface area (TPSA) is 111 Å². The van der Waals surface area contributed by atoms with E-state index in [0.717, 1.165) is 10.8 Å². The van der Waals surface area contributed by atoms with Gasteiger partial charge in [0, 0.05) is 6.20 Å². The van der Waals surface area contributed by atoms with Gasteiger partial charge in [0.05, 0.1) is 17.7 Å². The van der Waals surface area contributed by atoms with Gasteiger partial charge in [0.15, 0.2) is 0 Å². The Morgan fingerprint density at radius 2 is 2.16 bits per heavy atom. The van der Waals surface area contributed by atoms with Crippen LogP contribution >= 0.6 is 11.6 Å². The Kier molecular flexibility index (Phi) is 3.43. The van der Waals surface area contributed by atoms with Crippen molar-refractivity contribution in [3.8, 4) is 0 Å². The number of halogens is 1. The van der Waals surface area contributed by atoms with Crippen LogP contribution in [0, 0.1) is 10.1 Å². The summed E-state index contributed by atoms with van der Waals surface area (Å²) < 4.78 is 1.02. The van der Waals surface area contributed by atoms with E-state index in [9.17, 15) is 19.7 Å². The van der Waals surface area contributed by atoms with Crippen molar-refractivity contribution in [2.75, 3.05) is 0 Å². The minimum atomic E-state index is -1.03. The first kappa shape index (κ1) is 13.0. The molecule has 0 aliphatic carbocycles. The van der Waals surface area contributed by atoms with E-state index in [1.54, 1.807) is 6.07 Å². The molecule has 0 aromatic carbocycles. The lowest BCUT2D eigenvalue weighted by Crippen LogP contribution is -2.31. The summed E-state index contributed by atoms with van der Waals surface area (Å²) in [6, 6.07) is 3.15. The van der Waals surface area contributed by atoms with Gasteiger partial charge in [-0.25, -0.2) is 9.78 Å². The third-order valence-electron chi connectivity index (χ3n) is 2.33. The average molecular weight is 283 g/mol. The summed E-state index contributed by atoms with van der Waals surface area (Å²) in [6.07, 6.45) is 2.33. The van der Waals surface area contributed by atoms with E-state index in [4.69, 9.17) is 11.6 Å². The van der Waals surface area contributed by atoms with Crippen LogP contribution in [0.2, 0.25) is 5.15 Å². The van der Waals surface area contributed by atoms with Crippen molar-refractivity contribution in [1.29, 1.82) is 0 Å². The van der Waals surface area contributed by atoms with Crippen LogP contribution in [0.4, 0.5) is 5.69 Å². The molecule has 1 N–H and O–H groups in total. The van der Waals surface area contributed by atoms with Crippen molar-refractivity contribution in [2.45, 2.75) is 6.54 Å². The highest BCUT2D eigenvalue weighted by Gasteiger charge is 2.14. The Hall–Kier alpha value is -2.48. The van der Waals surface area contributed by atoms with Crippen LogP contribution in [0.3, 0.4) is 0 Å². The second kappa shape index (κ2) is 5.02. The second-order valence-corrected chi connectivity index (χ2v) is 4.04. The Morgan fingerprint density at radius 3 is 2.74 bits per heavy atom. The molecule has 0 saturated heterocycles. The molecule has 0 atom stereocenters. The molecule has 98 valence electrons. The zero-order valence-electron chi connectivity index (χ0n) is 9.37. The third kappa shape index (κ3) is 2.86. The fourth-order valence-electron chi connectivity index (χ4n) is 1.44. The van der Waals surface area contributed by atoms with E-state index in [-0.39, 0.29) is 6.54 Å². The van der Waals surface area contributed by atoms with Gasteiger partial charge in [0.2, 0.25) is 0 Å². The minimum absolute atomic E-state index is 0.0423. The number of hydrogen-bond acceptors (Lipinski definition) is 5. The van der Waals surface area contributed by atoms with Gasteiger partial charge < -0.3 is 0 Å². The second-order valence-electron chi connectivity index (χ2n) is 3.65. The minimum Gasteiger partial charge on any atom is -0.289 e. The Balaban J connectivity index is 2.43. The highest BCUT2D eigenvalue weighted by atomic mass is 35.5. The van der Waals surface area contributed by atoms with Crippen molar-refractivity contribution >= 4 is 17.3 Å². The zero-order chi connectivity index (χ0) is 14.0. The first-order valence-electron chi connectivity index (χ1n) is 5.06. The van der Waals surface area contributed by atoms with E-state index >= 15 is 0 Å². The molecule has 0 saturated carbocycles. The van der Waals surface area contributed by atoms with Gasteiger partial charge in [-0.05, 0) is 11.6 Å². The summed E-state index contributed by atoms with van der Waals surface area (Å²) in [5.74, 6) is 0. The number of pyridine rings is 1. The lowest BCUT2D eigenvalue weighted by molar-refractivity contribution is -0.386. The van der Waals surface area contributed by atoms with Gasteiger partial charge in [-0.1, -0.05) is 17.7 Å². The summed E-state index contributed by atoms with van der Waals surface area (Å²) >= 11 is 5.62. The number of nitro groups is 1. The number of nitrogens with zero attached hydrogens (tertiary/aromatic N) is 3. The van der Waals surface area contributed by atoms with Gasteiger partial charge in [0.25, 0.3) is 0 Å². The third-order valence-corrected chi connectivity index (χ3v) is 2.55. The molecule has 0 fully saturated rings. The maximum atomic E-state index is 11.5. The van der Waals surface area contributed by atoms with Crippen LogP contribution in [-0.4, -0.2) is 19.5 Å². The van der Waals surface area contributed by atoms with Crippen molar-refractivity contribution in [1.82, 2.24) is 14.5 Å². The molecule has 2 aromatic rings. The van der Waals surface area contributed by atoms with Gasteiger partial charge in [-0.15, -0.1) is 0 Å². The largest absolute Gasteiger partial charge is 0.350 e. The Labute approximate surface area is 110 Å². The van der Waals surface area contributed by atoms with E-state index < -0.39 is 21.9 Å². The quantitative estimate of drug-likeness (QED) is 0.502. The van der Waals surface area contributed by atoms with E-state index in [1.807, 2.05) is 4.98 Å². The highest BCUT2D eigenvalue weighted by Crippen LogP contribution is 2.07. The van der Waals surface area contributed by atoms with Gasteiger partial charge >= 0.3 is 16.9 Å². The van der Waals surface area contributed by atoms with Crippen LogP contribution in [0.25, 0.3) is 0 Å². The molecule has 2 rings (SSSR count). The van der Waals surface area contributed by atoms with Crippen molar-refractivity contribution in [3.63, 3.8) is 0 Å². The lowest BCUT2D eigenvalue weighted by Gasteiger charge is -2.04. The highest BCUT2D eigenvalue weighted by molar-refractivity contribution is 6.29. The number of rotatable bonds is 3. The Morgan fingerprint density at radius 1 is 1.42 bits per heavy atom. The van der Waals surface area contributed by atoms with Crippen molar-refractivity contribution in [3.05, 3.63) is 66.2 Å². The predicted molar refractivity (Wildman–Crippen MR) is 66.3 cm³/mol. The number of H-pyrrole nitrogens is 1. The van der Waals surface area contributed by atoms with Crippen LogP contribution in [0.15, 0.2) is 34.1 Å². The number of aromatic amines is 1. The van der Waals surface area contributed by atoms with E-state index in [1.165, 1.54) is 12.3 Å². The summed E-state index contributed by atoms with van der Waals surface area (Å²) in [4.78, 5) is 38.2. The van der Waals surface area contributed by atoms with E-state index in [0.29, 0.717) is 10.7 Å². The molecule has 19 heavy (non-hydrogen) atoms. The molecule has 8 nitrogen and oxygen atoms in total. The number of hydrogen-bond donors (Lipinski definition) is 1. The molecule has 2 heterocycles. The molecule has 2 aromatic heterocycles. The molecule has 9 heteroatoms. The lowest BCUT2D eigenvalue weighted by atomic mass is 10.3. The Bertz CT molecular complexity index is 734. The fraction of sp³-hybridized carbons (Fsp3) is 0.100. The standard InChI is InChI=1S/C10H7ClN4O4/c11-8-2-1-6(3-12-8)4-14-5-7(15(18)19)9(16)13-10(14)17/h1-3,5H,4H2,(H,13,16,17). The molecule has 0 aliphatic heterocycles. The molecular weight excluding hydrogens is 276 g/mol. The summed E-state index contributed by atoms with van der Waals surface area (Å²) in [5.41, 5.74) is -1.83. The fourth-order valence-corrected chi connectivity index (χ4v) is 1.55. The van der Waals surface area contributed by atoms with Gasteiger partial charge in [-0.3, -0.25) is 24.5 Å². The smallest absolute Gasteiger partial charge is 0.289 e. The molecule has 0 spiro atoms. The van der Waals surface area contributed by atoms with Crippen LogP contribution in [0.5, 0.6) is 0 Å². The maximum Gasteiger partial charge on any atom is 0.350 e.